The molecule has 0 unspecified atom stereocenters. The van der Waals surface area contributed by atoms with Crippen LogP contribution in [-0.4, -0.2) is 22.3 Å². The molecule has 1 heterocycles. The lowest BCUT2D eigenvalue weighted by Crippen LogP contribution is -2.29. The summed E-state index contributed by atoms with van der Waals surface area (Å²) in [6.07, 6.45) is 3.68. The maximum Gasteiger partial charge on any atom is 0.265 e. The number of nitrogens with one attached hydrogen (secondary N) is 1. The molecule has 0 saturated heterocycles. The van der Waals surface area contributed by atoms with E-state index in [1.54, 1.807) is 30.3 Å². The number of carbonyl (C=O) groups excluding carboxylic acids is 2. The number of pyridine rings is 1. The van der Waals surface area contributed by atoms with Crippen molar-refractivity contribution >= 4 is 12.2 Å². The number of nitrogens with zero attached hydrogens (tertiary/aromatic N) is 1. The molecule has 1 aromatic carbocycles. The molecule has 1 aromatic heterocycles. The summed E-state index contributed by atoms with van der Waals surface area (Å²) in [5, 5.41) is 8.88. The predicted octanol–water partition coefficient (Wildman–Crippen LogP) is 0.890. The number of phenols is 1. The fraction of sp³-hybridized carbons (Fsp3) is 0. The third-order valence-corrected chi connectivity index (χ3v) is 2.14. The molecule has 2 aromatic rings. The molecule has 1 amide bonds. The van der Waals surface area contributed by atoms with Crippen molar-refractivity contribution in [3.63, 3.8) is 0 Å². The quantitative estimate of drug-likeness (QED) is 0.321. The molecule has 0 radical (unpaired) electrons. The monoisotopic (exact) mass is 259 g/mol. The van der Waals surface area contributed by atoms with Crippen molar-refractivity contribution in [1.29, 1.82) is 0 Å². The van der Waals surface area contributed by atoms with Crippen LogP contribution in [0.5, 0.6) is 5.75 Å². The predicted molar refractivity (Wildman–Crippen MR) is 69.4 cm³/mol. The van der Waals surface area contributed by atoms with E-state index in [1.165, 1.54) is 18.5 Å². The fourth-order valence-electron chi connectivity index (χ4n) is 1.17. The van der Waals surface area contributed by atoms with Gasteiger partial charge in [0, 0.05) is 18.0 Å². The smallest absolute Gasteiger partial charge is 0.265 e. The van der Waals surface area contributed by atoms with Crippen LogP contribution in [0.15, 0.2) is 48.8 Å². The second kappa shape index (κ2) is 7.57. The van der Waals surface area contributed by atoms with Gasteiger partial charge < -0.3 is 5.11 Å². The largest absolute Gasteiger partial charge is 0.507 e. The van der Waals surface area contributed by atoms with Gasteiger partial charge in [0.25, 0.3) is 5.91 Å². The van der Waals surface area contributed by atoms with E-state index >= 15 is 0 Å². The summed E-state index contributed by atoms with van der Waals surface area (Å²) >= 11 is 0. The molecule has 0 aliphatic carbocycles. The topological polar surface area (TPSA) is 105 Å². The van der Waals surface area contributed by atoms with Crippen LogP contribution in [0.4, 0.5) is 0 Å². The zero-order chi connectivity index (χ0) is 14.1. The van der Waals surface area contributed by atoms with Crippen LogP contribution >= 0.6 is 0 Å². The summed E-state index contributed by atoms with van der Waals surface area (Å²) in [5.74, 6) is 4.62. The Morgan fingerprint density at radius 2 is 1.84 bits per heavy atom. The molecule has 4 N–H and O–H groups in total. The first-order chi connectivity index (χ1) is 9.19. The minimum absolute atomic E-state index is 0.0347. The number of phenolic OH excluding ortho intramolecular Hbond substituents is 1. The Morgan fingerprint density at radius 1 is 1.21 bits per heavy atom. The molecule has 19 heavy (non-hydrogen) atoms. The second-order valence-corrected chi connectivity index (χ2v) is 3.39. The van der Waals surface area contributed by atoms with Gasteiger partial charge in [-0.2, -0.15) is 0 Å². The van der Waals surface area contributed by atoms with Gasteiger partial charge in [0.1, 0.15) is 5.75 Å². The van der Waals surface area contributed by atoms with Gasteiger partial charge in [0.05, 0.1) is 5.56 Å². The van der Waals surface area contributed by atoms with Crippen LogP contribution in [0, 0.1) is 0 Å². The number of para-hydroxylation sites is 1. The van der Waals surface area contributed by atoms with Gasteiger partial charge >= 0.3 is 0 Å². The molecule has 0 spiro atoms. The first kappa shape index (κ1) is 14.3. The molecular weight excluding hydrogens is 246 g/mol. The van der Waals surface area contributed by atoms with Gasteiger partial charge in [-0.3, -0.25) is 20.0 Å². The van der Waals surface area contributed by atoms with Crippen molar-refractivity contribution in [2.45, 2.75) is 0 Å². The number of nitrogens with two attached hydrogens (primary N) is 1. The molecule has 0 bridgehead atoms. The van der Waals surface area contributed by atoms with Crippen molar-refractivity contribution < 1.29 is 14.7 Å². The molecule has 0 fully saturated rings. The van der Waals surface area contributed by atoms with E-state index in [2.05, 4.69) is 4.98 Å². The Kier molecular flexibility index (Phi) is 5.71. The molecular formula is C13H13N3O3. The summed E-state index contributed by atoms with van der Waals surface area (Å²) in [4.78, 5) is 24.6. The second-order valence-electron chi connectivity index (χ2n) is 3.39. The van der Waals surface area contributed by atoms with Crippen molar-refractivity contribution in [3.8, 4) is 5.75 Å². The van der Waals surface area contributed by atoms with Crippen LogP contribution < -0.4 is 11.3 Å². The number of hydrazine groups is 1. The van der Waals surface area contributed by atoms with E-state index in [9.17, 15) is 9.59 Å². The number of carbonyl (C=O) groups is 2. The molecule has 0 atom stereocenters. The average Bonchev–Trinajstić information content (AvgIpc) is 2.48. The van der Waals surface area contributed by atoms with E-state index in [0.717, 1.165) is 0 Å². The first-order valence-corrected chi connectivity index (χ1v) is 5.33. The Hall–Kier alpha value is -2.73. The van der Waals surface area contributed by atoms with Gasteiger partial charge in [0.15, 0.2) is 6.29 Å². The summed E-state index contributed by atoms with van der Waals surface area (Å²) in [6.45, 7) is 0. The number of rotatable bonds is 2. The lowest BCUT2D eigenvalue weighted by atomic mass is 10.2. The van der Waals surface area contributed by atoms with E-state index in [0.29, 0.717) is 17.4 Å². The van der Waals surface area contributed by atoms with Gasteiger partial charge in [-0.1, -0.05) is 12.1 Å². The Bertz CT molecular complexity index is 544. The summed E-state index contributed by atoms with van der Waals surface area (Å²) in [7, 11) is 0. The van der Waals surface area contributed by atoms with Crippen molar-refractivity contribution in [2.24, 2.45) is 5.84 Å². The van der Waals surface area contributed by atoms with Gasteiger partial charge in [-0.25, -0.2) is 5.84 Å². The van der Waals surface area contributed by atoms with E-state index in [4.69, 9.17) is 10.9 Å². The molecule has 0 aliphatic heterocycles. The zero-order valence-corrected chi connectivity index (χ0v) is 9.98. The Balaban J connectivity index is 0.000000191. The van der Waals surface area contributed by atoms with Gasteiger partial charge in [0.2, 0.25) is 0 Å². The number of amides is 1. The number of hydrogen-bond acceptors (Lipinski definition) is 5. The molecule has 6 heteroatoms. The number of aldehydes is 1. The Morgan fingerprint density at radius 3 is 2.32 bits per heavy atom. The van der Waals surface area contributed by atoms with Gasteiger partial charge in [-0.05, 0) is 24.3 Å². The standard InChI is InChI=1S/C7H6O2.C6H7N3O/c8-5-6-3-1-2-4-7(6)9;7-9-6(10)5-1-3-8-4-2-5/h1-5,9H;1-4H,7H2,(H,9,10). The first-order valence-electron chi connectivity index (χ1n) is 5.33. The van der Waals surface area contributed by atoms with E-state index < -0.39 is 0 Å². The minimum Gasteiger partial charge on any atom is -0.507 e. The van der Waals surface area contributed by atoms with Crippen molar-refractivity contribution in [1.82, 2.24) is 10.4 Å². The van der Waals surface area contributed by atoms with Gasteiger partial charge in [-0.15, -0.1) is 0 Å². The number of benzene rings is 1. The average molecular weight is 259 g/mol. The normalized spacial score (nSPS) is 8.89. The third-order valence-electron chi connectivity index (χ3n) is 2.14. The summed E-state index contributed by atoms with van der Waals surface area (Å²) < 4.78 is 0. The van der Waals surface area contributed by atoms with Crippen LogP contribution in [0.3, 0.4) is 0 Å². The number of aromatic nitrogens is 1. The highest BCUT2D eigenvalue weighted by molar-refractivity contribution is 5.93. The third kappa shape index (κ3) is 4.57. The van der Waals surface area contributed by atoms with Crippen molar-refractivity contribution in [2.75, 3.05) is 0 Å². The number of aromatic hydroxyl groups is 1. The van der Waals surface area contributed by atoms with Crippen LogP contribution in [0.25, 0.3) is 0 Å². The maximum atomic E-state index is 10.7. The lowest BCUT2D eigenvalue weighted by molar-refractivity contribution is 0.0953. The van der Waals surface area contributed by atoms with E-state index in [1.807, 2.05) is 5.43 Å². The maximum absolute atomic E-state index is 10.7. The van der Waals surface area contributed by atoms with Crippen LogP contribution in [0.1, 0.15) is 20.7 Å². The van der Waals surface area contributed by atoms with Crippen LogP contribution in [-0.2, 0) is 0 Å². The van der Waals surface area contributed by atoms with Crippen molar-refractivity contribution in [3.05, 3.63) is 59.9 Å². The fourth-order valence-corrected chi connectivity index (χ4v) is 1.17. The van der Waals surface area contributed by atoms with Crippen LogP contribution in [0.2, 0.25) is 0 Å². The zero-order valence-electron chi connectivity index (χ0n) is 9.98. The highest BCUT2D eigenvalue weighted by Gasteiger charge is 1.99. The number of nitrogen functional groups attached to an aromatic ring is 1. The van der Waals surface area contributed by atoms with E-state index in [-0.39, 0.29) is 11.7 Å². The highest BCUT2D eigenvalue weighted by atomic mass is 16.3. The summed E-state index contributed by atoms with van der Waals surface area (Å²) in [6, 6.07) is 9.57. The molecule has 0 aliphatic rings. The minimum atomic E-state index is -0.303. The Labute approximate surface area is 109 Å². The molecule has 6 nitrogen and oxygen atoms in total. The SMILES string of the molecule is NNC(=O)c1ccncc1.O=Cc1ccccc1O. The lowest BCUT2D eigenvalue weighted by Gasteiger charge is -1.95. The highest BCUT2D eigenvalue weighted by Crippen LogP contribution is 2.11. The molecule has 2 rings (SSSR count). The molecule has 98 valence electrons. The molecule has 0 saturated carbocycles. The summed E-state index contributed by atoms with van der Waals surface area (Å²) in [5.41, 5.74) is 2.86. The number of hydrogen-bond donors (Lipinski definition) is 3.